The van der Waals surface area contributed by atoms with Crippen molar-refractivity contribution in [2.24, 2.45) is 5.92 Å². The summed E-state index contributed by atoms with van der Waals surface area (Å²) in [6.45, 7) is 12.5. The summed E-state index contributed by atoms with van der Waals surface area (Å²) in [5.74, 6) is 0.778. The van der Waals surface area contributed by atoms with Crippen molar-refractivity contribution < 1.29 is 4.74 Å². The number of hydrogen-bond donors (Lipinski definition) is 1. The lowest BCUT2D eigenvalue weighted by molar-refractivity contribution is 0.0275. The van der Waals surface area contributed by atoms with Crippen LogP contribution in [-0.2, 0) is 4.74 Å². The number of ether oxygens (including phenoxy) is 1. The molecule has 0 radical (unpaired) electrons. The molecular formula is C15H30N2O. The molecule has 0 spiro atoms. The van der Waals surface area contributed by atoms with Crippen molar-refractivity contribution in [3.8, 4) is 0 Å². The van der Waals surface area contributed by atoms with Crippen molar-refractivity contribution in [3.63, 3.8) is 0 Å². The molecule has 0 bridgehead atoms. The second-order valence-electron chi connectivity index (χ2n) is 6.43. The first-order valence-electron chi connectivity index (χ1n) is 7.72. The van der Waals surface area contributed by atoms with E-state index in [1.807, 2.05) is 0 Å². The maximum absolute atomic E-state index is 5.77. The quantitative estimate of drug-likeness (QED) is 0.833. The van der Waals surface area contributed by atoms with Gasteiger partial charge in [-0.3, -0.25) is 4.90 Å². The second kappa shape index (κ2) is 6.36. The Hall–Kier alpha value is -0.120. The van der Waals surface area contributed by atoms with E-state index in [1.165, 1.54) is 25.8 Å². The molecule has 18 heavy (non-hydrogen) atoms. The van der Waals surface area contributed by atoms with Gasteiger partial charge in [0.1, 0.15) is 0 Å². The molecule has 2 heterocycles. The Balaban J connectivity index is 1.98. The van der Waals surface area contributed by atoms with E-state index in [2.05, 4.69) is 37.9 Å². The van der Waals surface area contributed by atoms with Crippen molar-refractivity contribution in [2.45, 2.75) is 71.2 Å². The molecule has 0 aliphatic carbocycles. The zero-order valence-corrected chi connectivity index (χ0v) is 12.5. The number of hydrogen-bond acceptors (Lipinski definition) is 3. The lowest BCUT2D eigenvalue weighted by Crippen LogP contribution is -2.60. The second-order valence-corrected chi connectivity index (χ2v) is 6.43. The Morgan fingerprint density at radius 3 is 2.72 bits per heavy atom. The van der Waals surface area contributed by atoms with Gasteiger partial charge in [0.15, 0.2) is 0 Å². The topological polar surface area (TPSA) is 24.5 Å². The van der Waals surface area contributed by atoms with Crippen LogP contribution in [0, 0.1) is 5.92 Å². The molecule has 106 valence electrons. The SMILES string of the molecule is CCC1CNC(CC(C)C)CN1C1CCOC1C. The minimum absolute atomic E-state index is 0.414. The van der Waals surface area contributed by atoms with Crippen LogP contribution in [0.15, 0.2) is 0 Å². The molecule has 0 amide bonds. The number of nitrogens with zero attached hydrogens (tertiary/aromatic N) is 1. The van der Waals surface area contributed by atoms with Crippen LogP contribution in [0.1, 0.15) is 47.0 Å². The van der Waals surface area contributed by atoms with Crippen molar-refractivity contribution in [3.05, 3.63) is 0 Å². The van der Waals surface area contributed by atoms with E-state index in [1.54, 1.807) is 0 Å². The molecular weight excluding hydrogens is 224 g/mol. The predicted octanol–water partition coefficient (Wildman–Crippen LogP) is 2.26. The molecule has 2 saturated heterocycles. The summed E-state index contributed by atoms with van der Waals surface area (Å²) in [5, 5.41) is 3.74. The molecule has 0 aromatic carbocycles. The molecule has 0 saturated carbocycles. The molecule has 2 rings (SSSR count). The van der Waals surface area contributed by atoms with Crippen molar-refractivity contribution in [1.82, 2.24) is 10.2 Å². The summed E-state index contributed by atoms with van der Waals surface area (Å²) in [7, 11) is 0. The van der Waals surface area contributed by atoms with Crippen LogP contribution in [-0.4, -0.2) is 48.8 Å². The van der Waals surface area contributed by atoms with Gasteiger partial charge >= 0.3 is 0 Å². The zero-order chi connectivity index (χ0) is 13.1. The average Bonchev–Trinajstić information content (AvgIpc) is 2.74. The number of piperazine rings is 1. The normalized spacial score (nSPS) is 38.5. The highest BCUT2D eigenvalue weighted by atomic mass is 16.5. The van der Waals surface area contributed by atoms with Crippen LogP contribution in [0.2, 0.25) is 0 Å². The van der Waals surface area contributed by atoms with E-state index in [9.17, 15) is 0 Å². The third-order valence-corrected chi connectivity index (χ3v) is 4.53. The zero-order valence-electron chi connectivity index (χ0n) is 12.5. The van der Waals surface area contributed by atoms with E-state index >= 15 is 0 Å². The Bertz CT molecular complexity index is 257. The summed E-state index contributed by atoms with van der Waals surface area (Å²) >= 11 is 0. The molecule has 2 aliphatic rings. The standard InChI is InChI=1S/C15H30N2O/c1-5-14-9-16-13(8-11(2)3)10-17(14)15-6-7-18-12(15)4/h11-16H,5-10H2,1-4H3. The van der Waals surface area contributed by atoms with Gasteiger partial charge in [-0.2, -0.15) is 0 Å². The first-order chi connectivity index (χ1) is 8.61. The van der Waals surface area contributed by atoms with Gasteiger partial charge in [-0.1, -0.05) is 20.8 Å². The third-order valence-electron chi connectivity index (χ3n) is 4.53. The van der Waals surface area contributed by atoms with Gasteiger partial charge in [0.2, 0.25) is 0 Å². The first-order valence-corrected chi connectivity index (χ1v) is 7.72. The largest absolute Gasteiger partial charge is 0.377 e. The maximum atomic E-state index is 5.77. The van der Waals surface area contributed by atoms with Crippen LogP contribution in [0.4, 0.5) is 0 Å². The van der Waals surface area contributed by atoms with E-state index < -0.39 is 0 Å². The van der Waals surface area contributed by atoms with Crippen LogP contribution in [0.5, 0.6) is 0 Å². The highest BCUT2D eigenvalue weighted by molar-refractivity contribution is 4.93. The van der Waals surface area contributed by atoms with Gasteiger partial charge in [0, 0.05) is 37.8 Å². The summed E-state index contributed by atoms with van der Waals surface area (Å²) in [6.07, 6.45) is 4.16. The fraction of sp³-hybridized carbons (Fsp3) is 1.00. The number of nitrogens with one attached hydrogen (secondary N) is 1. The summed E-state index contributed by atoms with van der Waals surface area (Å²) in [6, 6.07) is 2.01. The van der Waals surface area contributed by atoms with Crippen LogP contribution in [0.3, 0.4) is 0 Å². The molecule has 1 N–H and O–H groups in total. The van der Waals surface area contributed by atoms with Crippen molar-refractivity contribution in [1.29, 1.82) is 0 Å². The average molecular weight is 254 g/mol. The smallest absolute Gasteiger partial charge is 0.0703 e. The highest BCUT2D eigenvalue weighted by Gasteiger charge is 2.37. The van der Waals surface area contributed by atoms with Gasteiger partial charge in [0.05, 0.1) is 6.10 Å². The Kier molecular flexibility index (Phi) is 5.05. The summed E-state index contributed by atoms with van der Waals surface area (Å²) in [5.41, 5.74) is 0. The molecule has 3 nitrogen and oxygen atoms in total. The molecule has 4 atom stereocenters. The van der Waals surface area contributed by atoms with Gasteiger partial charge in [-0.25, -0.2) is 0 Å². The highest BCUT2D eigenvalue weighted by Crippen LogP contribution is 2.25. The minimum atomic E-state index is 0.414. The Labute approximate surface area is 112 Å². The Morgan fingerprint density at radius 1 is 1.39 bits per heavy atom. The fourth-order valence-corrected chi connectivity index (χ4v) is 3.56. The number of rotatable bonds is 4. The van der Waals surface area contributed by atoms with E-state index in [0.717, 1.165) is 19.1 Å². The predicted molar refractivity (Wildman–Crippen MR) is 75.8 cm³/mol. The van der Waals surface area contributed by atoms with Gasteiger partial charge < -0.3 is 10.1 Å². The van der Waals surface area contributed by atoms with Crippen LogP contribution < -0.4 is 5.32 Å². The van der Waals surface area contributed by atoms with E-state index in [-0.39, 0.29) is 0 Å². The Morgan fingerprint density at radius 2 is 2.17 bits per heavy atom. The molecule has 2 aliphatic heterocycles. The lowest BCUT2D eigenvalue weighted by atomic mass is 9.96. The molecule has 3 heteroatoms. The maximum Gasteiger partial charge on any atom is 0.0703 e. The van der Waals surface area contributed by atoms with Crippen molar-refractivity contribution >= 4 is 0 Å². The van der Waals surface area contributed by atoms with Gasteiger partial charge in [-0.15, -0.1) is 0 Å². The summed E-state index contributed by atoms with van der Waals surface area (Å²) in [4.78, 5) is 2.74. The van der Waals surface area contributed by atoms with Crippen LogP contribution in [0.25, 0.3) is 0 Å². The lowest BCUT2D eigenvalue weighted by Gasteiger charge is -2.44. The first kappa shape index (κ1) is 14.3. The van der Waals surface area contributed by atoms with Gasteiger partial charge in [-0.05, 0) is 32.1 Å². The van der Waals surface area contributed by atoms with E-state index in [0.29, 0.717) is 24.2 Å². The monoisotopic (exact) mass is 254 g/mol. The fourth-order valence-electron chi connectivity index (χ4n) is 3.56. The van der Waals surface area contributed by atoms with E-state index in [4.69, 9.17) is 4.74 Å². The molecule has 4 unspecified atom stereocenters. The van der Waals surface area contributed by atoms with Gasteiger partial charge in [0.25, 0.3) is 0 Å². The molecule has 0 aromatic heterocycles. The minimum Gasteiger partial charge on any atom is -0.377 e. The van der Waals surface area contributed by atoms with Crippen molar-refractivity contribution in [2.75, 3.05) is 19.7 Å². The van der Waals surface area contributed by atoms with Crippen LogP contribution >= 0.6 is 0 Å². The third kappa shape index (κ3) is 3.25. The summed E-state index contributed by atoms with van der Waals surface area (Å²) < 4.78 is 5.77. The molecule has 2 fully saturated rings. The molecule has 0 aromatic rings.